The highest BCUT2D eigenvalue weighted by Gasteiger charge is 2.30. The van der Waals surface area contributed by atoms with Gasteiger partial charge in [-0.1, -0.05) is 40.2 Å². The highest BCUT2D eigenvalue weighted by Crippen LogP contribution is 2.35. The predicted octanol–water partition coefficient (Wildman–Crippen LogP) is 5.27. The average Bonchev–Trinajstić information content (AvgIpc) is 2.71. The summed E-state index contributed by atoms with van der Waals surface area (Å²) in [6, 6.07) is 13.7. The molecule has 2 rings (SSSR count). The highest BCUT2D eigenvalue weighted by molar-refractivity contribution is 9.10. The van der Waals surface area contributed by atoms with E-state index in [2.05, 4.69) is 21.2 Å². The van der Waals surface area contributed by atoms with E-state index in [0.717, 1.165) is 6.08 Å². The Bertz CT molecular complexity index is 871. The van der Waals surface area contributed by atoms with Gasteiger partial charge in [0.2, 0.25) is 0 Å². The van der Waals surface area contributed by atoms with Crippen LogP contribution in [0.3, 0.4) is 0 Å². The van der Waals surface area contributed by atoms with Gasteiger partial charge in [0.15, 0.2) is 6.10 Å². The van der Waals surface area contributed by atoms with Crippen LogP contribution in [0.5, 0.6) is 5.75 Å². The van der Waals surface area contributed by atoms with E-state index < -0.39 is 24.3 Å². The van der Waals surface area contributed by atoms with Crippen LogP contribution in [0.2, 0.25) is 0 Å². The number of amides is 1. The van der Waals surface area contributed by atoms with Crippen LogP contribution in [-0.4, -0.2) is 35.0 Å². The molecule has 30 heavy (non-hydrogen) atoms. The van der Waals surface area contributed by atoms with E-state index in [1.54, 1.807) is 36.4 Å². The van der Waals surface area contributed by atoms with Crippen LogP contribution in [0.25, 0.3) is 0 Å². The Kier molecular flexibility index (Phi) is 9.37. The maximum atomic E-state index is 12.5. The number of carboxylic acid groups (broad SMARTS) is 1. The monoisotopic (exact) mass is 477 g/mol. The van der Waals surface area contributed by atoms with Crippen molar-refractivity contribution in [3.8, 4) is 5.75 Å². The van der Waals surface area contributed by atoms with Crippen molar-refractivity contribution in [3.05, 3.63) is 70.7 Å². The fraction of sp³-hybridized carbons (Fsp3) is 0.273. The maximum absolute atomic E-state index is 12.5. The Labute approximate surface area is 183 Å². The first-order valence-corrected chi connectivity index (χ1v) is 10.2. The second-order valence-corrected chi connectivity index (χ2v) is 7.25. The summed E-state index contributed by atoms with van der Waals surface area (Å²) in [6.45, 7) is 2.16. The van der Waals surface area contributed by atoms with Gasteiger partial charge in [-0.05, 0) is 50.1 Å². The van der Waals surface area contributed by atoms with E-state index in [1.807, 2.05) is 13.0 Å². The van der Waals surface area contributed by atoms with Crippen LogP contribution in [0.4, 0.5) is 10.5 Å². The van der Waals surface area contributed by atoms with Gasteiger partial charge in [-0.3, -0.25) is 5.32 Å². The van der Waals surface area contributed by atoms with Crippen molar-refractivity contribution >= 4 is 33.7 Å². The van der Waals surface area contributed by atoms with E-state index in [9.17, 15) is 14.7 Å². The smallest absolute Gasteiger partial charge is 0.412 e. The van der Waals surface area contributed by atoms with Crippen molar-refractivity contribution in [2.45, 2.75) is 32.0 Å². The van der Waals surface area contributed by atoms with Crippen LogP contribution in [0.15, 0.2) is 65.2 Å². The number of carboxylic acids is 1. The van der Waals surface area contributed by atoms with Gasteiger partial charge in [0.1, 0.15) is 5.75 Å². The number of nitrogens with one attached hydrogen (secondary N) is 1. The number of para-hydroxylation sites is 1. The summed E-state index contributed by atoms with van der Waals surface area (Å²) in [7, 11) is 0. The summed E-state index contributed by atoms with van der Waals surface area (Å²) in [5.74, 6) is -1.08. The Morgan fingerprint density at radius 1 is 1.20 bits per heavy atom. The van der Waals surface area contributed by atoms with Crippen molar-refractivity contribution in [2.24, 2.45) is 0 Å². The number of hydrogen-bond acceptors (Lipinski definition) is 5. The second kappa shape index (κ2) is 12.0. The second-order valence-electron chi connectivity index (χ2n) is 6.33. The predicted molar refractivity (Wildman–Crippen MR) is 117 cm³/mol. The van der Waals surface area contributed by atoms with Gasteiger partial charge >= 0.3 is 12.1 Å². The zero-order chi connectivity index (χ0) is 21.9. The number of ether oxygens (including phenoxy) is 2. The molecule has 2 atom stereocenters. The third kappa shape index (κ3) is 7.53. The van der Waals surface area contributed by atoms with E-state index in [4.69, 9.17) is 14.6 Å². The number of anilines is 1. The number of carbonyl (C=O) groups is 2. The van der Waals surface area contributed by atoms with Crippen molar-refractivity contribution < 1.29 is 29.3 Å². The average molecular weight is 478 g/mol. The number of rotatable bonds is 10. The van der Waals surface area contributed by atoms with Gasteiger partial charge in [0, 0.05) is 28.4 Å². The van der Waals surface area contributed by atoms with Crippen molar-refractivity contribution in [1.29, 1.82) is 0 Å². The molecule has 160 valence electrons. The molecule has 2 aromatic rings. The molecule has 0 aliphatic carbocycles. The first kappa shape index (κ1) is 23.4. The van der Waals surface area contributed by atoms with Gasteiger partial charge in [-0.2, -0.15) is 0 Å². The minimum Gasteiger partial charge on any atom is -0.508 e. The molecule has 8 heteroatoms. The summed E-state index contributed by atoms with van der Waals surface area (Å²) >= 11 is 3.37. The molecule has 0 unspecified atom stereocenters. The molecule has 0 saturated heterocycles. The largest absolute Gasteiger partial charge is 0.508 e. The lowest BCUT2D eigenvalue weighted by molar-refractivity contribution is -0.131. The van der Waals surface area contributed by atoms with Gasteiger partial charge in [0.05, 0.1) is 6.10 Å². The van der Waals surface area contributed by atoms with E-state index in [1.165, 1.54) is 12.1 Å². The zero-order valence-electron chi connectivity index (χ0n) is 16.5. The summed E-state index contributed by atoms with van der Waals surface area (Å²) in [5, 5.41) is 21.8. The number of aromatic hydroxyl groups is 1. The molecule has 0 aliphatic rings. The standard InChI is InChI=1S/C22H24BrNO6/c1-2-29-19(10-6-7-11-20(26)27)21(17-14-15(23)12-13-18(17)25)30-22(28)24-16-8-4-3-5-9-16/h3-5,7-9,11-14,19,21,25H,2,6,10H2,1H3,(H,24,28)(H,26,27)/b11-7+/t19-,21-/m1/s1. The Hall–Kier alpha value is -2.84. The molecule has 0 aromatic heterocycles. The summed E-state index contributed by atoms with van der Waals surface area (Å²) in [4.78, 5) is 23.2. The van der Waals surface area contributed by atoms with Crippen molar-refractivity contribution in [2.75, 3.05) is 11.9 Å². The van der Waals surface area contributed by atoms with Gasteiger partial charge in [-0.25, -0.2) is 9.59 Å². The van der Waals surface area contributed by atoms with E-state index >= 15 is 0 Å². The normalized spacial score (nSPS) is 13.0. The number of halogens is 1. The Morgan fingerprint density at radius 2 is 1.93 bits per heavy atom. The fourth-order valence-electron chi connectivity index (χ4n) is 2.86. The minimum atomic E-state index is -1.04. The molecule has 3 N–H and O–H groups in total. The Morgan fingerprint density at radius 3 is 2.60 bits per heavy atom. The minimum absolute atomic E-state index is 0.0403. The summed E-state index contributed by atoms with van der Waals surface area (Å²) in [6.07, 6.45) is 1.13. The quantitative estimate of drug-likeness (QED) is 0.402. The first-order chi connectivity index (χ1) is 14.4. The Balaban J connectivity index is 2.26. The molecule has 2 aromatic carbocycles. The third-order valence-electron chi connectivity index (χ3n) is 4.15. The van der Waals surface area contributed by atoms with Crippen molar-refractivity contribution in [1.82, 2.24) is 0 Å². The molecule has 0 fully saturated rings. The SMILES string of the molecule is CCO[C@H](CC/C=C/C(=O)O)[C@H](OC(=O)Nc1ccccc1)c1cc(Br)ccc1O. The van der Waals surface area contributed by atoms with E-state index in [-0.39, 0.29) is 5.75 Å². The lowest BCUT2D eigenvalue weighted by atomic mass is 9.99. The molecular formula is C22H24BrNO6. The number of carbonyl (C=O) groups excluding carboxylic acids is 1. The number of phenolic OH excluding ortho intramolecular Hbond substituents is 1. The summed E-state index contributed by atoms with van der Waals surface area (Å²) in [5.41, 5.74) is 0.949. The van der Waals surface area contributed by atoms with Crippen LogP contribution in [0.1, 0.15) is 31.4 Å². The first-order valence-electron chi connectivity index (χ1n) is 9.42. The van der Waals surface area contributed by atoms with Crippen LogP contribution >= 0.6 is 15.9 Å². The van der Waals surface area contributed by atoms with Gasteiger partial charge in [0.25, 0.3) is 0 Å². The number of phenols is 1. The summed E-state index contributed by atoms with van der Waals surface area (Å²) < 4.78 is 12.2. The zero-order valence-corrected chi connectivity index (χ0v) is 18.0. The molecule has 0 spiro atoms. The van der Waals surface area contributed by atoms with Crippen LogP contribution in [-0.2, 0) is 14.3 Å². The van der Waals surface area contributed by atoms with Gasteiger partial charge in [-0.15, -0.1) is 0 Å². The number of allylic oxidation sites excluding steroid dienone is 1. The fourth-order valence-corrected chi connectivity index (χ4v) is 3.24. The molecule has 0 radical (unpaired) electrons. The maximum Gasteiger partial charge on any atom is 0.412 e. The van der Waals surface area contributed by atoms with E-state index in [0.29, 0.717) is 35.2 Å². The highest BCUT2D eigenvalue weighted by atomic mass is 79.9. The number of aliphatic carboxylic acids is 1. The molecule has 0 heterocycles. The molecule has 1 amide bonds. The number of hydrogen-bond donors (Lipinski definition) is 3. The molecule has 0 aliphatic heterocycles. The van der Waals surface area contributed by atoms with Gasteiger partial charge < -0.3 is 19.7 Å². The lowest BCUT2D eigenvalue weighted by Crippen LogP contribution is -2.29. The topological polar surface area (TPSA) is 105 Å². The van der Waals surface area contributed by atoms with Crippen molar-refractivity contribution in [3.63, 3.8) is 0 Å². The molecular weight excluding hydrogens is 454 g/mol. The van der Waals surface area contributed by atoms with Crippen LogP contribution in [0, 0.1) is 0 Å². The molecule has 0 bridgehead atoms. The van der Waals surface area contributed by atoms with Crippen LogP contribution < -0.4 is 5.32 Å². The molecule has 7 nitrogen and oxygen atoms in total. The molecule has 0 saturated carbocycles. The lowest BCUT2D eigenvalue weighted by Gasteiger charge is -2.28. The third-order valence-corrected chi connectivity index (χ3v) is 4.64. The number of benzene rings is 2.